The average molecular weight is 259 g/mol. The predicted molar refractivity (Wildman–Crippen MR) is 75.2 cm³/mol. The molecule has 2 aromatic rings. The summed E-state index contributed by atoms with van der Waals surface area (Å²) in [6, 6.07) is 0. The maximum absolute atomic E-state index is 4.55. The molecular weight excluding hydrogens is 238 g/mol. The van der Waals surface area contributed by atoms with Gasteiger partial charge >= 0.3 is 0 Å². The number of hydrogen-bond acceptors (Lipinski definition) is 4. The number of aromatic nitrogens is 4. The van der Waals surface area contributed by atoms with Gasteiger partial charge in [-0.3, -0.25) is 4.57 Å². The van der Waals surface area contributed by atoms with Gasteiger partial charge in [0, 0.05) is 41.9 Å². The molecular formula is C14H21N5. The van der Waals surface area contributed by atoms with Crippen molar-refractivity contribution in [1.29, 1.82) is 0 Å². The standard InChI is InChI=1S/C14H21N5/c1-10-12(9-17-14(3,4)5)8-16-13(18-10)19-7-6-15-11(19)2/h6-8,17H,9H2,1-5H3. The van der Waals surface area contributed by atoms with Gasteiger partial charge in [0.15, 0.2) is 0 Å². The highest BCUT2D eigenvalue weighted by molar-refractivity contribution is 5.23. The van der Waals surface area contributed by atoms with Gasteiger partial charge in [-0.1, -0.05) is 0 Å². The average Bonchev–Trinajstić information content (AvgIpc) is 2.72. The van der Waals surface area contributed by atoms with Gasteiger partial charge in [-0.15, -0.1) is 0 Å². The first-order valence-electron chi connectivity index (χ1n) is 6.45. The van der Waals surface area contributed by atoms with Crippen LogP contribution in [-0.2, 0) is 6.54 Å². The molecule has 0 spiro atoms. The fourth-order valence-electron chi connectivity index (χ4n) is 1.72. The second-order valence-electron chi connectivity index (χ2n) is 5.73. The van der Waals surface area contributed by atoms with Crippen molar-refractivity contribution in [3.8, 4) is 5.95 Å². The third kappa shape index (κ3) is 3.38. The van der Waals surface area contributed by atoms with Crippen molar-refractivity contribution in [3.05, 3.63) is 35.7 Å². The topological polar surface area (TPSA) is 55.6 Å². The summed E-state index contributed by atoms with van der Waals surface area (Å²) >= 11 is 0. The number of aryl methyl sites for hydroxylation is 2. The fourth-order valence-corrected chi connectivity index (χ4v) is 1.72. The molecule has 2 heterocycles. The monoisotopic (exact) mass is 259 g/mol. The maximum Gasteiger partial charge on any atom is 0.235 e. The van der Waals surface area contributed by atoms with Crippen LogP contribution in [0.25, 0.3) is 5.95 Å². The highest BCUT2D eigenvalue weighted by Crippen LogP contribution is 2.10. The van der Waals surface area contributed by atoms with Gasteiger partial charge in [0.1, 0.15) is 5.82 Å². The van der Waals surface area contributed by atoms with Crippen LogP contribution in [0.5, 0.6) is 0 Å². The molecule has 0 fully saturated rings. The van der Waals surface area contributed by atoms with Crippen LogP contribution >= 0.6 is 0 Å². The molecule has 0 saturated heterocycles. The third-order valence-corrected chi connectivity index (χ3v) is 2.92. The molecule has 102 valence electrons. The minimum atomic E-state index is 0.0893. The Labute approximate surface area is 114 Å². The van der Waals surface area contributed by atoms with Crippen LogP contribution in [0.2, 0.25) is 0 Å². The molecule has 5 heteroatoms. The molecule has 0 bridgehead atoms. The number of rotatable bonds is 3. The number of hydrogen-bond donors (Lipinski definition) is 1. The van der Waals surface area contributed by atoms with Gasteiger partial charge < -0.3 is 5.32 Å². The smallest absolute Gasteiger partial charge is 0.235 e. The zero-order chi connectivity index (χ0) is 14.0. The molecule has 0 saturated carbocycles. The zero-order valence-electron chi connectivity index (χ0n) is 12.2. The first-order chi connectivity index (χ1) is 8.87. The lowest BCUT2D eigenvalue weighted by molar-refractivity contribution is 0.423. The molecule has 2 rings (SSSR count). The Hall–Kier alpha value is -1.75. The van der Waals surface area contributed by atoms with Gasteiger partial charge in [-0.2, -0.15) is 0 Å². The summed E-state index contributed by atoms with van der Waals surface area (Å²) in [5.41, 5.74) is 2.21. The lowest BCUT2D eigenvalue weighted by atomic mass is 10.1. The largest absolute Gasteiger partial charge is 0.308 e. The molecule has 0 aliphatic heterocycles. The molecule has 2 aromatic heterocycles. The van der Waals surface area contributed by atoms with Crippen LogP contribution in [0.4, 0.5) is 0 Å². The Morgan fingerprint density at radius 1 is 1.21 bits per heavy atom. The molecule has 0 aliphatic rings. The lowest BCUT2D eigenvalue weighted by Crippen LogP contribution is -2.35. The Morgan fingerprint density at radius 3 is 2.47 bits per heavy atom. The van der Waals surface area contributed by atoms with E-state index in [0.29, 0.717) is 5.95 Å². The molecule has 0 radical (unpaired) electrons. The minimum Gasteiger partial charge on any atom is -0.308 e. The van der Waals surface area contributed by atoms with Crippen LogP contribution in [0, 0.1) is 13.8 Å². The van der Waals surface area contributed by atoms with E-state index in [0.717, 1.165) is 23.6 Å². The summed E-state index contributed by atoms with van der Waals surface area (Å²) in [5, 5.41) is 3.45. The van der Waals surface area contributed by atoms with Crippen molar-refractivity contribution in [2.24, 2.45) is 0 Å². The van der Waals surface area contributed by atoms with Crippen molar-refractivity contribution in [1.82, 2.24) is 24.8 Å². The Balaban J connectivity index is 2.20. The molecule has 0 amide bonds. The first kappa shape index (κ1) is 13.7. The number of nitrogens with zero attached hydrogens (tertiary/aromatic N) is 4. The summed E-state index contributed by atoms with van der Waals surface area (Å²) in [6.07, 6.45) is 5.51. The third-order valence-electron chi connectivity index (χ3n) is 2.92. The maximum atomic E-state index is 4.55. The van der Waals surface area contributed by atoms with Crippen LogP contribution in [0.1, 0.15) is 37.9 Å². The van der Waals surface area contributed by atoms with Gasteiger partial charge in [0.2, 0.25) is 5.95 Å². The summed E-state index contributed by atoms with van der Waals surface area (Å²) in [4.78, 5) is 13.1. The predicted octanol–water partition coefficient (Wildman–Crippen LogP) is 2.17. The van der Waals surface area contributed by atoms with E-state index < -0.39 is 0 Å². The highest BCUT2D eigenvalue weighted by atomic mass is 15.2. The van der Waals surface area contributed by atoms with E-state index in [4.69, 9.17) is 0 Å². The van der Waals surface area contributed by atoms with E-state index in [1.54, 1.807) is 6.20 Å². The summed E-state index contributed by atoms with van der Waals surface area (Å²) in [5.74, 6) is 1.56. The van der Waals surface area contributed by atoms with Crippen molar-refractivity contribution in [2.45, 2.75) is 46.7 Å². The zero-order valence-corrected chi connectivity index (χ0v) is 12.2. The second-order valence-corrected chi connectivity index (χ2v) is 5.73. The quantitative estimate of drug-likeness (QED) is 0.917. The number of nitrogens with one attached hydrogen (secondary N) is 1. The van der Waals surface area contributed by atoms with E-state index in [2.05, 4.69) is 41.0 Å². The van der Waals surface area contributed by atoms with Gasteiger partial charge in [0.25, 0.3) is 0 Å². The second kappa shape index (κ2) is 5.09. The molecule has 5 nitrogen and oxygen atoms in total. The fraction of sp³-hybridized carbons (Fsp3) is 0.500. The summed E-state index contributed by atoms with van der Waals surface area (Å²) < 4.78 is 1.88. The Kier molecular flexibility index (Phi) is 3.66. The van der Waals surface area contributed by atoms with Gasteiger partial charge in [-0.05, 0) is 34.6 Å². The molecule has 0 aliphatic carbocycles. The van der Waals surface area contributed by atoms with Crippen LogP contribution in [0.15, 0.2) is 18.6 Å². The normalized spacial score (nSPS) is 11.8. The van der Waals surface area contributed by atoms with Crippen molar-refractivity contribution in [2.75, 3.05) is 0 Å². The highest BCUT2D eigenvalue weighted by Gasteiger charge is 2.11. The first-order valence-corrected chi connectivity index (χ1v) is 6.45. The Morgan fingerprint density at radius 2 is 1.95 bits per heavy atom. The van der Waals surface area contributed by atoms with Crippen LogP contribution < -0.4 is 5.32 Å². The lowest BCUT2D eigenvalue weighted by Gasteiger charge is -2.21. The van der Waals surface area contributed by atoms with Crippen LogP contribution in [0.3, 0.4) is 0 Å². The van der Waals surface area contributed by atoms with Gasteiger partial charge in [0.05, 0.1) is 0 Å². The minimum absolute atomic E-state index is 0.0893. The van der Waals surface area contributed by atoms with Gasteiger partial charge in [-0.25, -0.2) is 15.0 Å². The molecule has 1 N–H and O–H groups in total. The van der Waals surface area contributed by atoms with Crippen molar-refractivity contribution < 1.29 is 0 Å². The van der Waals surface area contributed by atoms with E-state index in [9.17, 15) is 0 Å². The van der Waals surface area contributed by atoms with E-state index in [1.165, 1.54) is 0 Å². The summed E-state index contributed by atoms with van der Waals surface area (Å²) in [6.45, 7) is 11.2. The van der Waals surface area contributed by atoms with Crippen molar-refractivity contribution in [3.63, 3.8) is 0 Å². The molecule has 0 atom stereocenters. The Bertz CT molecular complexity index is 565. The van der Waals surface area contributed by atoms with E-state index in [-0.39, 0.29) is 5.54 Å². The summed E-state index contributed by atoms with van der Waals surface area (Å²) in [7, 11) is 0. The number of imidazole rings is 1. The van der Waals surface area contributed by atoms with E-state index >= 15 is 0 Å². The molecule has 0 aromatic carbocycles. The molecule has 0 unspecified atom stereocenters. The molecule has 19 heavy (non-hydrogen) atoms. The SMILES string of the molecule is Cc1nc(-n2ccnc2C)ncc1CNC(C)(C)C. The van der Waals surface area contributed by atoms with Crippen molar-refractivity contribution >= 4 is 0 Å². The van der Waals surface area contributed by atoms with Crippen LogP contribution in [-0.4, -0.2) is 25.1 Å². The van der Waals surface area contributed by atoms with E-state index in [1.807, 2.05) is 30.8 Å².